The Kier molecular flexibility index (Phi) is 5.48. The first kappa shape index (κ1) is 17.9. The minimum absolute atomic E-state index is 0.124. The highest BCUT2D eigenvalue weighted by Crippen LogP contribution is 2.23. The van der Waals surface area contributed by atoms with E-state index in [0.717, 1.165) is 6.54 Å². The molecule has 0 bridgehead atoms. The van der Waals surface area contributed by atoms with Crippen LogP contribution >= 0.6 is 0 Å². The molecule has 0 unspecified atom stereocenters. The molecular formula is C15H24N4O3. The lowest BCUT2D eigenvalue weighted by molar-refractivity contribution is -0.384. The summed E-state index contributed by atoms with van der Waals surface area (Å²) < 4.78 is 0. The van der Waals surface area contributed by atoms with Crippen LogP contribution in [-0.2, 0) is 0 Å². The zero-order valence-corrected chi connectivity index (χ0v) is 13.7. The van der Waals surface area contributed by atoms with Gasteiger partial charge in [0.2, 0.25) is 0 Å². The van der Waals surface area contributed by atoms with E-state index < -0.39 is 10.8 Å². The normalized spacial score (nSPS) is 13.0. The fraction of sp³-hybridized carbons (Fsp3) is 0.533. The molecule has 0 aliphatic carbocycles. The number of hydrogen-bond acceptors (Lipinski definition) is 5. The third-order valence-corrected chi connectivity index (χ3v) is 3.74. The summed E-state index contributed by atoms with van der Waals surface area (Å²) in [6.07, 6.45) is 0. The van der Waals surface area contributed by atoms with Crippen molar-refractivity contribution in [2.45, 2.75) is 26.8 Å². The molecule has 0 aliphatic rings. The molecule has 0 saturated carbocycles. The molecule has 0 heterocycles. The average molecular weight is 308 g/mol. The van der Waals surface area contributed by atoms with Crippen LogP contribution in [0.2, 0.25) is 0 Å². The van der Waals surface area contributed by atoms with Gasteiger partial charge in [-0.2, -0.15) is 0 Å². The van der Waals surface area contributed by atoms with Crippen molar-refractivity contribution in [2.24, 2.45) is 5.41 Å². The van der Waals surface area contributed by atoms with Gasteiger partial charge in [-0.05, 0) is 32.5 Å². The van der Waals surface area contributed by atoms with Crippen molar-refractivity contribution >= 4 is 17.3 Å². The van der Waals surface area contributed by atoms with E-state index in [-0.39, 0.29) is 28.4 Å². The lowest BCUT2D eigenvalue weighted by Crippen LogP contribution is -2.47. The van der Waals surface area contributed by atoms with Gasteiger partial charge in [-0.3, -0.25) is 14.9 Å². The summed E-state index contributed by atoms with van der Waals surface area (Å²) in [4.78, 5) is 24.7. The first-order valence-corrected chi connectivity index (χ1v) is 7.04. The van der Waals surface area contributed by atoms with E-state index in [2.05, 4.69) is 19.2 Å². The minimum Gasteiger partial charge on any atom is -0.398 e. The molecule has 0 aliphatic heterocycles. The van der Waals surface area contributed by atoms with Crippen molar-refractivity contribution in [3.63, 3.8) is 0 Å². The van der Waals surface area contributed by atoms with Crippen LogP contribution in [0.4, 0.5) is 11.4 Å². The second kappa shape index (κ2) is 6.74. The fourth-order valence-corrected chi connectivity index (χ4v) is 2.28. The van der Waals surface area contributed by atoms with Crippen LogP contribution in [-0.4, -0.2) is 42.4 Å². The number of nitro benzene ring substituents is 1. The van der Waals surface area contributed by atoms with Crippen molar-refractivity contribution in [1.82, 2.24) is 10.2 Å². The number of carbonyl (C=O) groups is 1. The zero-order chi connectivity index (χ0) is 17.1. The van der Waals surface area contributed by atoms with Gasteiger partial charge in [-0.1, -0.05) is 13.8 Å². The molecule has 1 amide bonds. The third-order valence-electron chi connectivity index (χ3n) is 3.74. The van der Waals surface area contributed by atoms with Crippen LogP contribution in [0.15, 0.2) is 18.2 Å². The molecule has 0 saturated heterocycles. The number of carbonyl (C=O) groups excluding carboxylic acids is 1. The first-order valence-electron chi connectivity index (χ1n) is 7.04. The Bertz CT molecular complexity index is 570. The van der Waals surface area contributed by atoms with E-state index in [1.165, 1.54) is 18.2 Å². The summed E-state index contributed by atoms with van der Waals surface area (Å²) in [5.74, 6) is -0.402. The van der Waals surface area contributed by atoms with E-state index >= 15 is 0 Å². The van der Waals surface area contributed by atoms with Gasteiger partial charge in [-0.25, -0.2) is 0 Å². The Balaban J connectivity index is 2.93. The van der Waals surface area contributed by atoms with Crippen LogP contribution in [0.1, 0.15) is 31.1 Å². The number of nitrogens with two attached hydrogens (primary N) is 1. The predicted molar refractivity (Wildman–Crippen MR) is 86.8 cm³/mol. The third kappa shape index (κ3) is 4.42. The van der Waals surface area contributed by atoms with Crippen LogP contribution < -0.4 is 11.1 Å². The quantitative estimate of drug-likeness (QED) is 0.474. The van der Waals surface area contributed by atoms with E-state index in [4.69, 9.17) is 5.73 Å². The molecule has 7 heteroatoms. The number of amides is 1. The SMILES string of the molecule is C[C@@H](NC(=O)c1cc([N+](=O)[O-])ccc1N)C(C)(C)CN(C)C. The van der Waals surface area contributed by atoms with Gasteiger partial charge < -0.3 is 16.0 Å². The number of nitrogen functional groups attached to an aromatic ring is 1. The monoisotopic (exact) mass is 308 g/mol. The Labute approximate surface area is 130 Å². The van der Waals surface area contributed by atoms with Crippen molar-refractivity contribution < 1.29 is 9.72 Å². The lowest BCUT2D eigenvalue weighted by Gasteiger charge is -2.34. The van der Waals surface area contributed by atoms with Crippen LogP contribution in [0.3, 0.4) is 0 Å². The molecule has 1 atom stereocenters. The highest BCUT2D eigenvalue weighted by molar-refractivity contribution is 6.00. The maximum atomic E-state index is 12.4. The summed E-state index contributed by atoms with van der Waals surface area (Å²) >= 11 is 0. The topological polar surface area (TPSA) is 101 Å². The van der Waals surface area contributed by atoms with Gasteiger partial charge in [0.1, 0.15) is 0 Å². The Morgan fingerprint density at radius 2 is 2.05 bits per heavy atom. The molecule has 3 N–H and O–H groups in total. The van der Waals surface area contributed by atoms with Crippen molar-refractivity contribution in [2.75, 3.05) is 26.4 Å². The minimum atomic E-state index is -0.546. The van der Waals surface area contributed by atoms with E-state index in [1.54, 1.807) is 0 Å². The summed E-state index contributed by atoms with van der Waals surface area (Å²) in [6, 6.07) is 3.74. The van der Waals surface area contributed by atoms with E-state index in [1.807, 2.05) is 25.9 Å². The fourth-order valence-electron chi connectivity index (χ4n) is 2.28. The van der Waals surface area contributed by atoms with Crippen LogP contribution in [0.25, 0.3) is 0 Å². The number of benzene rings is 1. The number of hydrogen-bond donors (Lipinski definition) is 2. The molecule has 0 radical (unpaired) electrons. The molecule has 22 heavy (non-hydrogen) atoms. The van der Waals surface area contributed by atoms with Gasteiger partial charge >= 0.3 is 0 Å². The largest absolute Gasteiger partial charge is 0.398 e. The Morgan fingerprint density at radius 1 is 1.45 bits per heavy atom. The van der Waals surface area contributed by atoms with Gasteiger partial charge in [0.25, 0.3) is 11.6 Å². The number of anilines is 1. The van der Waals surface area contributed by atoms with E-state index in [9.17, 15) is 14.9 Å². The summed E-state index contributed by atoms with van der Waals surface area (Å²) in [6.45, 7) is 6.80. The zero-order valence-electron chi connectivity index (χ0n) is 13.7. The molecule has 122 valence electrons. The summed E-state index contributed by atoms with van der Waals surface area (Å²) in [7, 11) is 3.93. The van der Waals surface area contributed by atoms with Gasteiger partial charge in [-0.15, -0.1) is 0 Å². The highest BCUT2D eigenvalue weighted by atomic mass is 16.6. The van der Waals surface area contributed by atoms with Gasteiger partial charge in [0.15, 0.2) is 0 Å². The molecule has 1 aromatic carbocycles. The highest BCUT2D eigenvalue weighted by Gasteiger charge is 2.28. The molecular weight excluding hydrogens is 284 g/mol. The van der Waals surface area contributed by atoms with Crippen LogP contribution in [0, 0.1) is 15.5 Å². The van der Waals surface area contributed by atoms with Crippen LogP contribution in [0.5, 0.6) is 0 Å². The average Bonchev–Trinajstić information content (AvgIpc) is 2.36. The lowest BCUT2D eigenvalue weighted by atomic mass is 9.84. The predicted octanol–water partition coefficient (Wildman–Crippen LogP) is 1.88. The Morgan fingerprint density at radius 3 is 2.55 bits per heavy atom. The Hall–Kier alpha value is -2.15. The summed E-state index contributed by atoms with van der Waals surface area (Å²) in [5.41, 5.74) is 5.80. The van der Waals surface area contributed by atoms with Crippen molar-refractivity contribution in [3.05, 3.63) is 33.9 Å². The summed E-state index contributed by atoms with van der Waals surface area (Å²) in [5, 5.41) is 13.7. The maximum absolute atomic E-state index is 12.4. The molecule has 1 rings (SSSR count). The number of non-ortho nitro benzene ring substituents is 1. The van der Waals surface area contributed by atoms with Crippen molar-refractivity contribution in [3.8, 4) is 0 Å². The molecule has 7 nitrogen and oxygen atoms in total. The maximum Gasteiger partial charge on any atom is 0.270 e. The second-order valence-electron chi connectivity index (χ2n) is 6.45. The standard InChI is InChI=1S/C15H24N4O3/c1-10(15(2,3)9-18(4)5)17-14(20)12-8-11(19(21)22)6-7-13(12)16/h6-8,10H,9,16H2,1-5H3,(H,17,20)/t10-/m1/s1. The second-order valence-corrected chi connectivity index (χ2v) is 6.45. The van der Waals surface area contributed by atoms with Gasteiger partial charge in [0.05, 0.1) is 10.5 Å². The first-order chi connectivity index (χ1) is 10.0. The molecule has 0 spiro atoms. The smallest absolute Gasteiger partial charge is 0.270 e. The molecule has 0 fully saturated rings. The molecule has 1 aromatic rings. The number of rotatable bonds is 6. The number of nitrogens with zero attached hydrogens (tertiary/aromatic N) is 2. The van der Waals surface area contributed by atoms with E-state index in [0.29, 0.717) is 0 Å². The van der Waals surface area contributed by atoms with Crippen molar-refractivity contribution in [1.29, 1.82) is 0 Å². The number of nitrogens with one attached hydrogen (secondary N) is 1. The molecule has 0 aromatic heterocycles. The number of nitro groups is 1. The van der Waals surface area contributed by atoms with Gasteiger partial charge in [0, 0.05) is 30.4 Å².